The van der Waals surface area contributed by atoms with Crippen molar-refractivity contribution in [3.05, 3.63) is 29.6 Å². The molecule has 1 heterocycles. The van der Waals surface area contributed by atoms with Gasteiger partial charge >= 0.3 is 0 Å². The van der Waals surface area contributed by atoms with E-state index in [0.717, 1.165) is 19.5 Å². The highest BCUT2D eigenvalue weighted by atomic mass is 32.1. The summed E-state index contributed by atoms with van der Waals surface area (Å²) in [5.74, 6) is 0.393. The molecule has 0 amide bonds. The summed E-state index contributed by atoms with van der Waals surface area (Å²) in [5.41, 5.74) is 0.671. The normalized spacial score (nSPS) is 19.1. The molecule has 0 fully saturated rings. The van der Waals surface area contributed by atoms with Crippen molar-refractivity contribution in [2.75, 3.05) is 34.2 Å². The zero-order valence-electron chi connectivity index (χ0n) is 11.5. The molecule has 0 saturated carbocycles. The van der Waals surface area contributed by atoms with E-state index in [0.29, 0.717) is 16.3 Å². The van der Waals surface area contributed by atoms with Crippen molar-refractivity contribution in [2.24, 2.45) is 0 Å². The molecule has 1 aromatic rings. The van der Waals surface area contributed by atoms with Gasteiger partial charge in [0.15, 0.2) is 0 Å². The third-order valence-corrected chi connectivity index (χ3v) is 3.72. The fraction of sp³-hybridized carbons (Fsp3) is 0.500. The maximum Gasteiger partial charge on any atom is 0.130 e. The summed E-state index contributed by atoms with van der Waals surface area (Å²) in [7, 11) is 6.00. The van der Waals surface area contributed by atoms with Crippen LogP contribution >= 0.6 is 12.2 Å². The minimum atomic E-state index is -0.287. The molecule has 1 aliphatic heterocycles. The van der Waals surface area contributed by atoms with Gasteiger partial charge in [0.1, 0.15) is 22.7 Å². The molecule has 1 atom stereocenters. The quantitative estimate of drug-likeness (QED) is 0.789. The highest BCUT2D eigenvalue weighted by Gasteiger charge is 2.24. The predicted octanol–water partition coefficient (Wildman–Crippen LogP) is 2.15. The minimum Gasteiger partial charge on any atom is -0.488 e. The van der Waals surface area contributed by atoms with Gasteiger partial charge in [0.2, 0.25) is 0 Å². The highest BCUT2D eigenvalue weighted by Crippen LogP contribution is 2.26. The fourth-order valence-corrected chi connectivity index (χ4v) is 2.37. The molecule has 0 aromatic heterocycles. The van der Waals surface area contributed by atoms with Crippen LogP contribution in [0.25, 0.3) is 0 Å². The van der Waals surface area contributed by atoms with Gasteiger partial charge in [-0.05, 0) is 38.7 Å². The lowest BCUT2D eigenvalue weighted by molar-refractivity contribution is 0.160. The van der Waals surface area contributed by atoms with Crippen LogP contribution in [0.4, 0.5) is 4.39 Å². The molecule has 1 aromatic carbocycles. The summed E-state index contributed by atoms with van der Waals surface area (Å²) in [4.78, 5) is 4.72. The van der Waals surface area contributed by atoms with Gasteiger partial charge in [-0.1, -0.05) is 12.2 Å². The summed E-state index contributed by atoms with van der Waals surface area (Å²) in [6.07, 6.45) is 0.980. The van der Waals surface area contributed by atoms with Crippen LogP contribution in [0.3, 0.4) is 0 Å². The van der Waals surface area contributed by atoms with E-state index in [4.69, 9.17) is 17.0 Å². The third-order valence-electron chi connectivity index (χ3n) is 3.19. The Morgan fingerprint density at radius 1 is 1.47 bits per heavy atom. The van der Waals surface area contributed by atoms with Crippen LogP contribution in [0.2, 0.25) is 0 Å². The molecule has 1 unspecified atom stereocenters. The van der Waals surface area contributed by atoms with Crippen molar-refractivity contribution in [1.82, 2.24) is 9.80 Å². The number of rotatable bonds is 3. The van der Waals surface area contributed by atoms with Crippen LogP contribution in [0.1, 0.15) is 12.0 Å². The number of nitrogens with zero attached hydrogens (tertiary/aromatic N) is 2. The smallest absolute Gasteiger partial charge is 0.130 e. The Kier molecular flexibility index (Phi) is 4.37. The van der Waals surface area contributed by atoms with Crippen molar-refractivity contribution < 1.29 is 9.13 Å². The number of likely N-dealkylation sites (N-methyl/N-ethyl adjacent to an activating group) is 1. The lowest BCUT2D eigenvalue weighted by Gasteiger charge is -2.22. The van der Waals surface area contributed by atoms with Crippen LogP contribution in [-0.2, 0) is 0 Å². The Morgan fingerprint density at radius 2 is 2.21 bits per heavy atom. The first-order valence-electron chi connectivity index (χ1n) is 6.34. The summed E-state index contributed by atoms with van der Waals surface area (Å²) in [5, 5.41) is 0. The second-order valence-corrected chi connectivity index (χ2v) is 5.54. The molecule has 5 heteroatoms. The Morgan fingerprint density at radius 3 is 2.89 bits per heavy atom. The molecule has 0 radical (unpaired) electrons. The molecule has 0 aliphatic carbocycles. The number of fused-ring (bicyclic) bond motifs is 1. The van der Waals surface area contributed by atoms with Crippen LogP contribution in [0.5, 0.6) is 5.75 Å². The molecule has 1 aliphatic rings. The van der Waals surface area contributed by atoms with E-state index in [1.165, 1.54) is 12.1 Å². The van der Waals surface area contributed by atoms with Crippen molar-refractivity contribution >= 4 is 17.2 Å². The standard InChI is InChI=1S/C14H19FN2OS/c1-16(2)7-6-11-9-17(3)14(19)12-8-10(15)4-5-13(12)18-11/h4-5,8,11H,6-7,9H2,1-3H3. The summed E-state index contributed by atoms with van der Waals surface area (Å²) in [6, 6.07) is 4.52. The van der Waals surface area contributed by atoms with E-state index in [1.54, 1.807) is 6.07 Å². The van der Waals surface area contributed by atoms with E-state index in [2.05, 4.69) is 4.90 Å². The zero-order chi connectivity index (χ0) is 14.0. The lowest BCUT2D eigenvalue weighted by atomic mass is 10.2. The number of halogens is 1. The molecule has 0 saturated heterocycles. The van der Waals surface area contributed by atoms with Gasteiger partial charge in [0.05, 0.1) is 12.1 Å². The van der Waals surface area contributed by atoms with Crippen LogP contribution in [-0.4, -0.2) is 55.1 Å². The van der Waals surface area contributed by atoms with Gasteiger partial charge in [0, 0.05) is 13.6 Å². The lowest BCUT2D eigenvalue weighted by Crippen LogP contribution is -2.35. The zero-order valence-corrected chi connectivity index (χ0v) is 12.3. The number of ether oxygens (including phenoxy) is 1. The van der Waals surface area contributed by atoms with Crippen LogP contribution in [0.15, 0.2) is 18.2 Å². The molecule has 3 nitrogen and oxygen atoms in total. The second-order valence-electron chi connectivity index (χ2n) is 5.16. The minimum absolute atomic E-state index is 0.0667. The van der Waals surface area contributed by atoms with Gasteiger partial charge < -0.3 is 14.5 Å². The molecule has 104 valence electrons. The SMILES string of the molecule is CN(C)CCC1CN(C)C(=S)c2cc(F)ccc2O1. The van der Waals surface area contributed by atoms with Crippen LogP contribution in [0, 0.1) is 5.82 Å². The Hall–Kier alpha value is -1.20. The molecular weight excluding hydrogens is 263 g/mol. The average Bonchev–Trinajstić information content (AvgIpc) is 2.47. The number of thiocarbonyl (C=S) groups is 1. The van der Waals surface area contributed by atoms with Gasteiger partial charge in [-0.25, -0.2) is 4.39 Å². The summed E-state index contributed by atoms with van der Waals surface area (Å²) < 4.78 is 19.3. The summed E-state index contributed by atoms with van der Waals surface area (Å²) in [6.45, 7) is 1.67. The maximum absolute atomic E-state index is 13.3. The van der Waals surface area contributed by atoms with Gasteiger partial charge in [-0.15, -0.1) is 0 Å². The molecular formula is C14H19FN2OS. The van der Waals surface area contributed by atoms with Gasteiger partial charge in [-0.2, -0.15) is 0 Å². The molecule has 2 rings (SSSR count). The first-order chi connectivity index (χ1) is 8.97. The van der Waals surface area contributed by atoms with E-state index in [1.807, 2.05) is 26.0 Å². The average molecular weight is 282 g/mol. The van der Waals surface area contributed by atoms with Crippen molar-refractivity contribution in [2.45, 2.75) is 12.5 Å². The highest BCUT2D eigenvalue weighted by molar-refractivity contribution is 7.80. The van der Waals surface area contributed by atoms with E-state index < -0.39 is 0 Å². The number of benzene rings is 1. The molecule has 0 spiro atoms. The second kappa shape index (κ2) is 5.84. The maximum atomic E-state index is 13.3. The predicted molar refractivity (Wildman–Crippen MR) is 78.3 cm³/mol. The van der Waals surface area contributed by atoms with Crippen LogP contribution < -0.4 is 4.74 Å². The van der Waals surface area contributed by atoms with E-state index in [9.17, 15) is 4.39 Å². The molecule has 19 heavy (non-hydrogen) atoms. The first kappa shape index (κ1) is 14.2. The van der Waals surface area contributed by atoms with Gasteiger partial charge in [0.25, 0.3) is 0 Å². The van der Waals surface area contributed by atoms with Gasteiger partial charge in [-0.3, -0.25) is 0 Å². The number of hydrogen-bond donors (Lipinski definition) is 0. The number of hydrogen-bond acceptors (Lipinski definition) is 3. The Bertz CT molecular complexity index is 479. The summed E-state index contributed by atoms with van der Waals surface area (Å²) >= 11 is 5.39. The molecule has 0 bridgehead atoms. The van der Waals surface area contributed by atoms with Crippen molar-refractivity contribution in [3.63, 3.8) is 0 Å². The topological polar surface area (TPSA) is 15.7 Å². The largest absolute Gasteiger partial charge is 0.488 e. The Labute approximate surface area is 119 Å². The third kappa shape index (κ3) is 3.42. The van der Waals surface area contributed by atoms with E-state index >= 15 is 0 Å². The monoisotopic (exact) mass is 282 g/mol. The molecule has 0 N–H and O–H groups in total. The van der Waals surface area contributed by atoms with E-state index in [-0.39, 0.29) is 11.9 Å². The first-order valence-corrected chi connectivity index (χ1v) is 6.74. The van der Waals surface area contributed by atoms with Crippen molar-refractivity contribution in [1.29, 1.82) is 0 Å². The Balaban J connectivity index is 2.22. The van der Waals surface area contributed by atoms with Crippen molar-refractivity contribution in [3.8, 4) is 5.75 Å². The fourth-order valence-electron chi connectivity index (χ4n) is 2.14.